The normalized spacial score (nSPS) is 11.4. The number of carbonyl (C=O) groups excluding carboxylic acids is 2. The van der Waals surface area contributed by atoms with Gasteiger partial charge < -0.3 is 9.64 Å². The Morgan fingerprint density at radius 2 is 1.94 bits per heavy atom. The molecule has 0 amide bonds. The van der Waals surface area contributed by atoms with Crippen LogP contribution in [-0.4, -0.2) is 67.2 Å². The molecule has 2 heterocycles. The minimum Gasteiger partial charge on any atom is -0.478 e. The predicted octanol–water partition coefficient (Wildman–Crippen LogP) is 2.46. The van der Waals surface area contributed by atoms with E-state index in [1.807, 2.05) is 14.1 Å². The number of carbonyl (C=O) groups is 2. The van der Waals surface area contributed by atoms with Crippen LogP contribution in [0.1, 0.15) is 30.1 Å². The molecule has 0 aliphatic rings. The maximum Gasteiger partial charge on any atom is 0.263 e. The van der Waals surface area contributed by atoms with Gasteiger partial charge in [0.2, 0.25) is 5.88 Å². The average molecular weight is 467 g/mol. The van der Waals surface area contributed by atoms with Gasteiger partial charge in [-0.3, -0.25) is 14.3 Å². The van der Waals surface area contributed by atoms with E-state index >= 15 is 0 Å². The fraction of sp³-hybridized carbons (Fsp3) is 0.400. The summed E-state index contributed by atoms with van der Waals surface area (Å²) in [5.74, 6) is 0.0452. The van der Waals surface area contributed by atoms with Crippen molar-refractivity contribution in [1.29, 1.82) is 0 Å². The number of pyridine rings is 2. The Balaban J connectivity index is 1.97. The number of nitrogens with zero attached hydrogens (tertiary/aromatic N) is 3. The molecule has 0 radical (unpaired) electrons. The predicted molar refractivity (Wildman–Crippen MR) is 120 cm³/mol. The number of rotatable bonds is 12. The molecule has 0 aliphatic heterocycles. The van der Waals surface area contributed by atoms with E-state index in [0.29, 0.717) is 12.2 Å². The SMILES string of the molecule is CC(=O)SCC(=O)c1ccc(NS(=O)(=O)c2ccnc(OCCCCN(C)C)c2)nc1. The second kappa shape index (κ2) is 11.8. The van der Waals surface area contributed by atoms with Gasteiger partial charge in [0.25, 0.3) is 10.0 Å². The first-order valence-corrected chi connectivity index (χ1v) is 12.0. The summed E-state index contributed by atoms with van der Waals surface area (Å²) in [6.07, 6.45) is 4.43. The number of hydrogen-bond acceptors (Lipinski definition) is 9. The molecule has 0 aliphatic carbocycles. The van der Waals surface area contributed by atoms with Gasteiger partial charge in [-0.25, -0.2) is 18.4 Å². The smallest absolute Gasteiger partial charge is 0.263 e. The molecular formula is C20H26N4O5S2. The van der Waals surface area contributed by atoms with E-state index in [9.17, 15) is 18.0 Å². The van der Waals surface area contributed by atoms with Crippen molar-refractivity contribution in [2.75, 3.05) is 37.7 Å². The number of ketones is 1. The molecule has 31 heavy (non-hydrogen) atoms. The molecule has 11 heteroatoms. The van der Waals surface area contributed by atoms with E-state index in [-0.39, 0.29) is 33.2 Å². The van der Waals surface area contributed by atoms with Gasteiger partial charge in [0.1, 0.15) is 5.82 Å². The zero-order chi connectivity index (χ0) is 22.9. The van der Waals surface area contributed by atoms with Gasteiger partial charge in [-0.2, -0.15) is 0 Å². The number of hydrogen-bond donors (Lipinski definition) is 1. The summed E-state index contributed by atoms with van der Waals surface area (Å²) in [5, 5.41) is -0.153. The number of anilines is 1. The van der Waals surface area contributed by atoms with Gasteiger partial charge in [-0.15, -0.1) is 0 Å². The summed E-state index contributed by atoms with van der Waals surface area (Å²) in [6.45, 7) is 2.77. The van der Waals surface area contributed by atoms with Crippen molar-refractivity contribution in [3.8, 4) is 5.88 Å². The van der Waals surface area contributed by atoms with Crippen molar-refractivity contribution < 1.29 is 22.7 Å². The molecule has 0 saturated heterocycles. The van der Waals surface area contributed by atoms with E-state index in [2.05, 4.69) is 19.6 Å². The van der Waals surface area contributed by atoms with Crippen LogP contribution in [0, 0.1) is 0 Å². The Morgan fingerprint density at radius 3 is 2.58 bits per heavy atom. The van der Waals surface area contributed by atoms with Crippen LogP contribution in [0.5, 0.6) is 5.88 Å². The summed E-state index contributed by atoms with van der Waals surface area (Å²) in [7, 11) is 0.0857. The maximum absolute atomic E-state index is 12.7. The van der Waals surface area contributed by atoms with Crippen LogP contribution >= 0.6 is 11.8 Å². The number of ether oxygens (including phenoxy) is 1. The third-order valence-corrected chi connectivity index (χ3v) is 6.16. The van der Waals surface area contributed by atoms with Crippen molar-refractivity contribution in [2.45, 2.75) is 24.7 Å². The first-order valence-electron chi connectivity index (χ1n) is 9.56. The van der Waals surface area contributed by atoms with Gasteiger partial charge in [-0.05, 0) is 51.7 Å². The quantitative estimate of drug-likeness (QED) is 0.372. The summed E-state index contributed by atoms with van der Waals surface area (Å²) < 4.78 is 33.2. The standard InChI is InChI=1S/C20H26N4O5S2/c1-15(25)30-14-18(26)16-6-7-19(22-13-16)23-31(27,28)17-8-9-21-20(12-17)29-11-5-4-10-24(2)3/h6-9,12-13H,4-5,10-11,14H2,1-3H3,(H,22,23). The van der Waals surface area contributed by atoms with Gasteiger partial charge in [0.15, 0.2) is 10.9 Å². The Bertz CT molecular complexity index is 995. The highest BCUT2D eigenvalue weighted by Gasteiger charge is 2.17. The fourth-order valence-corrected chi connectivity index (χ4v) is 3.92. The summed E-state index contributed by atoms with van der Waals surface area (Å²) in [4.78, 5) is 33.1. The lowest BCUT2D eigenvalue weighted by Gasteiger charge is -2.11. The summed E-state index contributed by atoms with van der Waals surface area (Å²) in [6, 6.07) is 5.57. The van der Waals surface area contributed by atoms with Crippen LogP contribution in [0.4, 0.5) is 5.82 Å². The van der Waals surface area contributed by atoms with Crippen LogP contribution < -0.4 is 9.46 Å². The van der Waals surface area contributed by atoms with Crippen LogP contribution in [0.2, 0.25) is 0 Å². The first-order chi connectivity index (χ1) is 14.7. The molecule has 2 aromatic heterocycles. The Hall–Kier alpha value is -2.50. The van der Waals surface area contributed by atoms with E-state index in [0.717, 1.165) is 31.1 Å². The highest BCUT2D eigenvalue weighted by Crippen LogP contribution is 2.18. The minimum atomic E-state index is -3.91. The summed E-state index contributed by atoms with van der Waals surface area (Å²) in [5.41, 5.74) is 0.297. The molecule has 2 aromatic rings. The second-order valence-corrected chi connectivity index (χ2v) is 9.76. The first kappa shape index (κ1) is 24.8. The van der Waals surface area contributed by atoms with Gasteiger partial charge >= 0.3 is 0 Å². The molecule has 0 unspecified atom stereocenters. The van der Waals surface area contributed by atoms with E-state index < -0.39 is 10.0 Å². The molecule has 168 valence electrons. The molecule has 0 saturated carbocycles. The van der Waals surface area contributed by atoms with Crippen molar-refractivity contribution in [3.63, 3.8) is 0 Å². The zero-order valence-electron chi connectivity index (χ0n) is 17.7. The van der Waals surface area contributed by atoms with Crippen LogP contribution in [0.3, 0.4) is 0 Å². The third kappa shape index (κ3) is 8.64. The van der Waals surface area contributed by atoms with Gasteiger partial charge in [0, 0.05) is 30.9 Å². The maximum atomic E-state index is 12.7. The molecule has 9 nitrogen and oxygen atoms in total. The monoisotopic (exact) mass is 466 g/mol. The molecule has 2 rings (SSSR count). The fourth-order valence-electron chi connectivity index (χ4n) is 2.41. The number of nitrogens with one attached hydrogen (secondary N) is 1. The third-order valence-electron chi connectivity index (χ3n) is 4.00. The second-order valence-electron chi connectivity index (χ2n) is 6.93. The van der Waals surface area contributed by atoms with Crippen LogP contribution in [-0.2, 0) is 14.8 Å². The van der Waals surface area contributed by atoms with E-state index in [4.69, 9.17) is 4.74 Å². The van der Waals surface area contributed by atoms with Gasteiger partial charge in [-0.1, -0.05) is 11.8 Å². The highest BCUT2D eigenvalue weighted by atomic mass is 32.2. The minimum absolute atomic E-state index is 0.00870. The highest BCUT2D eigenvalue weighted by molar-refractivity contribution is 8.14. The van der Waals surface area contributed by atoms with Crippen molar-refractivity contribution in [1.82, 2.24) is 14.9 Å². The average Bonchev–Trinajstić information content (AvgIpc) is 2.72. The number of unbranched alkanes of at least 4 members (excludes halogenated alkanes) is 1. The van der Waals surface area contributed by atoms with E-state index in [1.165, 1.54) is 43.6 Å². The zero-order valence-corrected chi connectivity index (χ0v) is 19.3. The lowest BCUT2D eigenvalue weighted by molar-refractivity contribution is -0.109. The Labute approximate surface area is 186 Å². The Kier molecular flexibility index (Phi) is 9.41. The number of sulfonamides is 1. The van der Waals surface area contributed by atoms with Crippen molar-refractivity contribution in [2.24, 2.45) is 0 Å². The van der Waals surface area contributed by atoms with Crippen molar-refractivity contribution >= 4 is 38.5 Å². The molecule has 0 bridgehead atoms. The number of thioether (sulfide) groups is 1. The van der Waals surface area contributed by atoms with Gasteiger partial charge in [0.05, 0.1) is 17.3 Å². The lowest BCUT2D eigenvalue weighted by atomic mass is 10.2. The lowest BCUT2D eigenvalue weighted by Crippen LogP contribution is -2.15. The van der Waals surface area contributed by atoms with E-state index in [1.54, 1.807) is 0 Å². The number of aromatic nitrogens is 2. The molecular weight excluding hydrogens is 440 g/mol. The molecule has 1 N–H and O–H groups in total. The largest absolute Gasteiger partial charge is 0.478 e. The van der Waals surface area contributed by atoms with Crippen LogP contribution in [0.25, 0.3) is 0 Å². The molecule has 0 aromatic carbocycles. The number of Topliss-reactive ketones (excluding diaryl/α,β-unsaturated/α-hetero) is 1. The topological polar surface area (TPSA) is 119 Å². The molecule has 0 atom stereocenters. The summed E-state index contributed by atoms with van der Waals surface area (Å²) >= 11 is 0.909. The van der Waals surface area contributed by atoms with Crippen LogP contribution in [0.15, 0.2) is 41.6 Å². The molecule has 0 fully saturated rings. The Morgan fingerprint density at radius 1 is 1.16 bits per heavy atom. The molecule has 0 spiro atoms. The van der Waals surface area contributed by atoms with Crippen molar-refractivity contribution in [3.05, 3.63) is 42.2 Å².